The Hall–Kier alpha value is -2.75. The molecule has 0 N–H and O–H groups in total. The highest BCUT2D eigenvalue weighted by atomic mass is 16.5. The van der Waals surface area contributed by atoms with Gasteiger partial charge in [0, 0.05) is 57.1 Å². The second kappa shape index (κ2) is 7.94. The number of ether oxygens (including phenoxy) is 1. The third-order valence-corrected chi connectivity index (χ3v) is 5.12. The smallest absolute Gasteiger partial charge is 0.241 e. The van der Waals surface area contributed by atoms with Gasteiger partial charge in [-0.25, -0.2) is 4.98 Å². The van der Waals surface area contributed by atoms with Gasteiger partial charge in [0.2, 0.25) is 23.8 Å². The fourth-order valence-corrected chi connectivity index (χ4v) is 3.47. The standard InChI is InChI=1S/C19H28N8O2/c1-19(2,3)15(28)24-6-8-25(9-7-24)16-21-17(26-10-12-29-13-11-26)23-18(22-16)27-5-4-20-14-27/h4-5,14H,6-13H2,1-3H3. The highest BCUT2D eigenvalue weighted by molar-refractivity contribution is 5.81. The number of carbonyl (C=O) groups is 1. The number of amides is 1. The molecule has 0 saturated carbocycles. The predicted octanol–water partition coefficient (Wildman–Crippen LogP) is 0.589. The maximum absolute atomic E-state index is 12.6. The maximum Gasteiger partial charge on any atom is 0.241 e. The lowest BCUT2D eigenvalue weighted by Crippen LogP contribution is -2.52. The summed E-state index contributed by atoms with van der Waals surface area (Å²) in [6.45, 7) is 11.4. The molecule has 2 aliphatic rings. The summed E-state index contributed by atoms with van der Waals surface area (Å²) in [4.78, 5) is 36.9. The number of carbonyl (C=O) groups excluding carboxylic acids is 1. The van der Waals surface area contributed by atoms with E-state index in [1.165, 1.54) is 0 Å². The minimum atomic E-state index is -0.368. The van der Waals surface area contributed by atoms with Crippen molar-refractivity contribution in [1.29, 1.82) is 0 Å². The third kappa shape index (κ3) is 4.31. The molecule has 2 fully saturated rings. The van der Waals surface area contributed by atoms with Crippen LogP contribution in [0.5, 0.6) is 0 Å². The van der Waals surface area contributed by atoms with Crippen LogP contribution in [-0.4, -0.2) is 87.8 Å². The van der Waals surface area contributed by atoms with Crippen LogP contribution in [0.4, 0.5) is 11.9 Å². The van der Waals surface area contributed by atoms with Gasteiger partial charge in [0.15, 0.2) is 0 Å². The molecule has 2 aromatic rings. The quantitative estimate of drug-likeness (QED) is 0.739. The van der Waals surface area contributed by atoms with Crippen molar-refractivity contribution in [2.45, 2.75) is 20.8 Å². The van der Waals surface area contributed by atoms with Crippen LogP contribution in [0.25, 0.3) is 5.95 Å². The van der Waals surface area contributed by atoms with Gasteiger partial charge in [0.05, 0.1) is 13.2 Å². The molecule has 0 spiro atoms. The molecule has 10 nitrogen and oxygen atoms in total. The molecule has 1 amide bonds. The number of nitrogens with zero attached hydrogens (tertiary/aromatic N) is 8. The summed E-state index contributed by atoms with van der Waals surface area (Å²) in [5.74, 6) is 2.01. The first kappa shape index (κ1) is 19.6. The first-order valence-electron chi connectivity index (χ1n) is 10.0. The highest BCUT2D eigenvalue weighted by Gasteiger charge is 2.30. The molecule has 10 heteroatoms. The lowest BCUT2D eigenvalue weighted by molar-refractivity contribution is -0.139. The van der Waals surface area contributed by atoms with E-state index in [0.717, 1.165) is 13.1 Å². The van der Waals surface area contributed by atoms with Crippen LogP contribution < -0.4 is 9.80 Å². The molecular weight excluding hydrogens is 372 g/mol. The van der Waals surface area contributed by atoms with Crippen molar-refractivity contribution >= 4 is 17.8 Å². The summed E-state index contributed by atoms with van der Waals surface area (Å²) < 4.78 is 7.24. The van der Waals surface area contributed by atoms with Crippen LogP contribution in [0, 0.1) is 5.41 Å². The predicted molar refractivity (Wildman–Crippen MR) is 108 cm³/mol. The number of hydrogen-bond donors (Lipinski definition) is 0. The number of aromatic nitrogens is 5. The molecule has 0 aliphatic carbocycles. The lowest BCUT2D eigenvalue weighted by Gasteiger charge is -2.38. The van der Waals surface area contributed by atoms with Gasteiger partial charge in [-0.15, -0.1) is 0 Å². The van der Waals surface area contributed by atoms with Gasteiger partial charge in [-0.3, -0.25) is 9.36 Å². The van der Waals surface area contributed by atoms with E-state index in [4.69, 9.17) is 9.72 Å². The van der Waals surface area contributed by atoms with Gasteiger partial charge >= 0.3 is 0 Å². The van der Waals surface area contributed by atoms with Gasteiger partial charge < -0.3 is 19.4 Å². The Balaban J connectivity index is 1.57. The summed E-state index contributed by atoms with van der Waals surface area (Å²) in [7, 11) is 0. The zero-order valence-corrected chi connectivity index (χ0v) is 17.3. The van der Waals surface area contributed by atoms with Gasteiger partial charge in [-0.1, -0.05) is 20.8 Å². The summed E-state index contributed by atoms with van der Waals surface area (Å²) in [6.07, 6.45) is 5.21. The molecule has 29 heavy (non-hydrogen) atoms. The van der Waals surface area contributed by atoms with E-state index in [-0.39, 0.29) is 11.3 Å². The SMILES string of the molecule is CC(C)(C)C(=O)N1CCN(c2nc(N3CCOCC3)nc(-n3ccnc3)n2)CC1. The largest absolute Gasteiger partial charge is 0.378 e. The molecule has 2 aromatic heterocycles. The molecule has 2 saturated heterocycles. The number of imidazole rings is 1. The average Bonchev–Trinajstić information content (AvgIpc) is 3.28. The van der Waals surface area contributed by atoms with Crippen LogP contribution in [-0.2, 0) is 9.53 Å². The molecule has 0 atom stereocenters. The van der Waals surface area contributed by atoms with E-state index in [0.29, 0.717) is 57.2 Å². The van der Waals surface area contributed by atoms with E-state index in [2.05, 4.69) is 24.8 Å². The van der Waals surface area contributed by atoms with Crippen LogP contribution in [0.2, 0.25) is 0 Å². The third-order valence-electron chi connectivity index (χ3n) is 5.12. The summed E-state index contributed by atoms with van der Waals surface area (Å²) in [5.41, 5.74) is -0.368. The Labute approximate surface area is 170 Å². The van der Waals surface area contributed by atoms with Crippen molar-refractivity contribution in [3.8, 4) is 5.95 Å². The topological polar surface area (TPSA) is 92.5 Å². The Morgan fingerprint density at radius 2 is 1.48 bits per heavy atom. The van der Waals surface area contributed by atoms with E-state index in [9.17, 15) is 4.79 Å². The number of rotatable bonds is 3. The second-order valence-corrected chi connectivity index (χ2v) is 8.33. The minimum absolute atomic E-state index is 0.181. The molecule has 0 bridgehead atoms. The van der Waals surface area contributed by atoms with Gasteiger partial charge in [-0.2, -0.15) is 15.0 Å². The van der Waals surface area contributed by atoms with Gasteiger partial charge in [0.1, 0.15) is 6.33 Å². The number of piperazine rings is 1. The van der Waals surface area contributed by atoms with Crippen LogP contribution in [0.3, 0.4) is 0 Å². The van der Waals surface area contributed by atoms with Crippen LogP contribution >= 0.6 is 0 Å². The minimum Gasteiger partial charge on any atom is -0.378 e. The van der Waals surface area contributed by atoms with Crippen molar-refractivity contribution in [1.82, 2.24) is 29.4 Å². The summed E-state index contributed by atoms with van der Waals surface area (Å²) in [6, 6.07) is 0. The zero-order chi connectivity index (χ0) is 20.4. The Morgan fingerprint density at radius 3 is 2.03 bits per heavy atom. The molecular formula is C19H28N8O2. The lowest BCUT2D eigenvalue weighted by atomic mass is 9.94. The first-order chi connectivity index (χ1) is 13.9. The van der Waals surface area contributed by atoms with Crippen molar-refractivity contribution in [2.75, 3.05) is 62.3 Å². The van der Waals surface area contributed by atoms with E-state index in [1.54, 1.807) is 17.1 Å². The van der Waals surface area contributed by atoms with Crippen molar-refractivity contribution in [3.63, 3.8) is 0 Å². The normalized spacial score (nSPS) is 18.2. The van der Waals surface area contributed by atoms with Gasteiger partial charge in [0.25, 0.3) is 0 Å². The van der Waals surface area contributed by atoms with E-state index >= 15 is 0 Å². The number of anilines is 2. The monoisotopic (exact) mass is 400 g/mol. The highest BCUT2D eigenvalue weighted by Crippen LogP contribution is 2.22. The Bertz CT molecular complexity index is 834. The Morgan fingerprint density at radius 1 is 0.897 bits per heavy atom. The van der Waals surface area contributed by atoms with Crippen molar-refractivity contribution in [2.24, 2.45) is 5.41 Å². The van der Waals surface area contributed by atoms with Gasteiger partial charge in [-0.05, 0) is 0 Å². The molecule has 0 unspecified atom stereocenters. The van der Waals surface area contributed by atoms with Crippen LogP contribution in [0.1, 0.15) is 20.8 Å². The fourth-order valence-electron chi connectivity index (χ4n) is 3.47. The van der Waals surface area contributed by atoms with Crippen LogP contribution in [0.15, 0.2) is 18.7 Å². The van der Waals surface area contributed by atoms with Crippen molar-refractivity contribution < 1.29 is 9.53 Å². The van der Waals surface area contributed by atoms with E-state index < -0.39 is 0 Å². The maximum atomic E-state index is 12.6. The van der Waals surface area contributed by atoms with E-state index in [1.807, 2.05) is 31.9 Å². The molecule has 0 aromatic carbocycles. The number of hydrogen-bond acceptors (Lipinski definition) is 8. The zero-order valence-electron chi connectivity index (χ0n) is 17.3. The summed E-state index contributed by atoms with van der Waals surface area (Å²) in [5, 5.41) is 0. The molecule has 4 rings (SSSR count). The Kier molecular flexibility index (Phi) is 5.35. The van der Waals surface area contributed by atoms with Crippen molar-refractivity contribution in [3.05, 3.63) is 18.7 Å². The average molecular weight is 400 g/mol. The fraction of sp³-hybridized carbons (Fsp3) is 0.632. The molecule has 2 aliphatic heterocycles. The molecule has 0 radical (unpaired) electrons. The molecule has 156 valence electrons. The molecule has 4 heterocycles. The first-order valence-corrected chi connectivity index (χ1v) is 10.0. The summed E-state index contributed by atoms with van der Waals surface area (Å²) >= 11 is 0. The number of morpholine rings is 1. The second-order valence-electron chi connectivity index (χ2n) is 8.33.